The number of carbonyl (C=O) groups is 1. The number of anilines is 1. The molecule has 70 valence electrons. The molecule has 1 saturated carbocycles. The highest BCUT2D eigenvalue weighted by Crippen LogP contribution is 2.39. The first kappa shape index (κ1) is 8.92. The van der Waals surface area contributed by atoms with Crippen LogP contribution in [0.2, 0.25) is 0 Å². The number of amides is 1. The van der Waals surface area contributed by atoms with Gasteiger partial charge in [0.2, 0.25) is 11.8 Å². The first-order valence-electron chi connectivity index (χ1n) is 3.99. The quantitative estimate of drug-likeness (QED) is 0.674. The van der Waals surface area contributed by atoms with Crippen molar-refractivity contribution in [2.45, 2.75) is 18.8 Å². The molecule has 2 rings (SSSR count). The van der Waals surface area contributed by atoms with Crippen molar-refractivity contribution >= 4 is 34.5 Å². The van der Waals surface area contributed by atoms with Crippen LogP contribution < -0.4 is 5.32 Å². The molecule has 1 heterocycles. The van der Waals surface area contributed by atoms with Gasteiger partial charge in [0.1, 0.15) is 0 Å². The maximum Gasteiger partial charge on any atom is 0.322 e. The highest BCUT2D eigenvalue weighted by Gasteiger charge is 2.29. The number of carbonyl (C=O) groups excluding carboxylic acids is 1. The lowest BCUT2D eigenvalue weighted by Crippen LogP contribution is -2.12. The number of hydrogen-bond donors (Lipinski definition) is 1. The zero-order valence-electron chi connectivity index (χ0n) is 6.79. The van der Waals surface area contributed by atoms with E-state index in [1.807, 2.05) is 22.6 Å². The predicted octanol–water partition coefficient (Wildman–Crippen LogP) is 1.32. The van der Waals surface area contributed by atoms with Crippen molar-refractivity contribution in [3.63, 3.8) is 0 Å². The summed E-state index contributed by atoms with van der Waals surface area (Å²) in [6.45, 7) is 0. The molecule has 1 N–H and O–H groups in total. The monoisotopic (exact) mass is 293 g/mol. The summed E-state index contributed by atoms with van der Waals surface area (Å²) in [5, 5.41) is 10.1. The molecule has 0 aliphatic heterocycles. The van der Waals surface area contributed by atoms with E-state index in [4.69, 9.17) is 4.42 Å². The average molecular weight is 293 g/mol. The van der Waals surface area contributed by atoms with Crippen LogP contribution in [0.25, 0.3) is 0 Å². The van der Waals surface area contributed by atoms with E-state index in [0.717, 1.165) is 12.8 Å². The Morgan fingerprint density at radius 3 is 3.00 bits per heavy atom. The largest absolute Gasteiger partial charge is 0.408 e. The van der Waals surface area contributed by atoms with Crippen LogP contribution in [-0.2, 0) is 4.79 Å². The molecule has 0 unspecified atom stereocenters. The number of aromatic nitrogens is 2. The van der Waals surface area contributed by atoms with Crippen molar-refractivity contribution in [1.82, 2.24) is 10.2 Å². The molecule has 0 aromatic carbocycles. The van der Waals surface area contributed by atoms with Gasteiger partial charge in [-0.2, -0.15) is 0 Å². The highest BCUT2D eigenvalue weighted by molar-refractivity contribution is 14.1. The van der Waals surface area contributed by atoms with Gasteiger partial charge in [-0.25, -0.2) is 0 Å². The second-order valence-electron chi connectivity index (χ2n) is 2.90. The first-order chi connectivity index (χ1) is 6.29. The number of alkyl halides is 1. The summed E-state index contributed by atoms with van der Waals surface area (Å²) in [6.07, 6.45) is 2.23. The van der Waals surface area contributed by atoms with Crippen molar-refractivity contribution in [2.75, 3.05) is 9.74 Å². The third-order valence-corrected chi connectivity index (χ3v) is 2.43. The molecule has 0 bridgehead atoms. The number of rotatable bonds is 3. The van der Waals surface area contributed by atoms with Gasteiger partial charge < -0.3 is 4.42 Å². The standard InChI is InChI=1S/C7H8IN3O2/c8-3-5(12)9-7-11-10-6(13-7)4-1-2-4/h4H,1-3H2,(H,9,11,12). The molecule has 1 amide bonds. The van der Waals surface area contributed by atoms with E-state index in [1.54, 1.807) is 0 Å². The van der Waals surface area contributed by atoms with Crippen LogP contribution in [-0.4, -0.2) is 20.5 Å². The first-order valence-corrected chi connectivity index (χ1v) is 5.51. The molecule has 0 saturated heterocycles. The fourth-order valence-electron chi connectivity index (χ4n) is 0.933. The SMILES string of the molecule is O=C(CI)Nc1nnc(C2CC2)o1. The van der Waals surface area contributed by atoms with Gasteiger partial charge in [0.15, 0.2) is 0 Å². The predicted molar refractivity (Wildman–Crippen MR) is 53.8 cm³/mol. The maximum absolute atomic E-state index is 10.9. The van der Waals surface area contributed by atoms with Crippen LogP contribution >= 0.6 is 22.6 Å². The molecule has 1 aliphatic carbocycles. The zero-order valence-corrected chi connectivity index (χ0v) is 8.95. The minimum Gasteiger partial charge on any atom is -0.408 e. The second-order valence-corrected chi connectivity index (χ2v) is 3.66. The number of nitrogens with one attached hydrogen (secondary N) is 1. The summed E-state index contributed by atoms with van der Waals surface area (Å²) in [4.78, 5) is 10.9. The fraction of sp³-hybridized carbons (Fsp3) is 0.571. The van der Waals surface area contributed by atoms with Crippen LogP contribution in [0.5, 0.6) is 0 Å². The topological polar surface area (TPSA) is 68.0 Å². The third-order valence-electron chi connectivity index (χ3n) is 1.73. The van der Waals surface area contributed by atoms with Crippen molar-refractivity contribution in [1.29, 1.82) is 0 Å². The Kier molecular flexibility index (Phi) is 2.47. The van der Waals surface area contributed by atoms with Crippen LogP contribution in [0.1, 0.15) is 24.7 Å². The van der Waals surface area contributed by atoms with E-state index >= 15 is 0 Å². The summed E-state index contributed by atoms with van der Waals surface area (Å²) in [7, 11) is 0. The van der Waals surface area contributed by atoms with Crippen molar-refractivity contribution in [3.05, 3.63) is 5.89 Å². The Balaban J connectivity index is 2.00. The summed E-state index contributed by atoms with van der Waals surface area (Å²) in [5.74, 6) is 0.952. The summed E-state index contributed by atoms with van der Waals surface area (Å²) in [5.41, 5.74) is 0. The second kappa shape index (κ2) is 3.60. The zero-order chi connectivity index (χ0) is 9.26. The van der Waals surface area contributed by atoms with Gasteiger partial charge in [0.05, 0.1) is 4.43 Å². The van der Waals surface area contributed by atoms with E-state index in [-0.39, 0.29) is 11.9 Å². The van der Waals surface area contributed by atoms with E-state index in [1.165, 1.54) is 0 Å². The molecular formula is C7H8IN3O2. The number of nitrogens with zero attached hydrogens (tertiary/aromatic N) is 2. The molecule has 1 fully saturated rings. The Bertz CT molecular complexity index is 321. The van der Waals surface area contributed by atoms with Gasteiger partial charge >= 0.3 is 6.01 Å². The molecular weight excluding hydrogens is 285 g/mol. The van der Waals surface area contributed by atoms with Crippen LogP contribution in [0.3, 0.4) is 0 Å². The summed E-state index contributed by atoms with van der Waals surface area (Å²) >= 11 is 1.97. The van der Waals surface area contributed by atoms with E-state index in [9.17, 15) is 4.79 Å². The van der Waals surface area contributed by atoms with E-state index in [2.05, 4.69) is 15.5 Å². The lowest BCUT2D eigenvalue weighted by Gasteiger charge is -1.93. The maximum atomic E-state index is 10.9. The normalized spacial score (nSPS) is 15.8. The average Bonchev–Trinajstić information content (AvgIpc) is 2.88. The van der Waals surface area contributed by atoms with Crippen molar-refractivity contribution in [3.8, 4) is 0 Å². The van der Waals surface area contributed by atoms with Gasteiger partial charge in [0, 0.05) is 5.92 Å². The summed E-state index contributed by atoms with van der Waals surface area (Å²) in [6, 6.07) is 0.212. The van der Waals surface area contributed by atoms with Gasteiger partial charge in [-0.1, -0.05) is 27.7 Å². The van der Waals surface area contributed by atoms with Crippen LogP contribution in [0.15, 0.2) is 4.42 Å². The van der Waals surface area contributed by atoms with Crippen LogP contribution in [0.4, 0.5) is 6.01 Å². The lowest BCUT2D eigenvalue weighted by molar-refractivity contribution is -0.113. The molecule has 5 nitrogen and oxygen atoms in total. The Morgan fingerprint density at radius 1 is 1.62 bits per heavy atom. The van der Waals surface area contributed by atoms with Gasteiger partial charge in [0.25, 0.3) is 0 Å². The Morgan fingerprint density at radius 2 is 2.38 bits per heavy atom. The molecule has 6 heteroatoms. The number of halogens is 1. The van der Waals surface area contributed by atoms with E-state index < -0.39 is 0 Å². The Hall–Kier alpha value is -0.660. The number of hydrogen-bond acceptors (Lipinski definition) is 4. The smallest absolute Gasteiger partial charge is 0.322 e. The lowest BCUT2D eigenvalue weighted by atomic mass is 10.4. The van der Waals surface area contributed by atoms with Gasteiger partial charge in [-0.05, 0) is 12.8 Å². The summed E-state index contributed by atoms with van der Waals surface area (Å²) < 4.78 is 5.61. The van der Waals surface area contributed by atoms with Crippen molar-refractivity contribution < 1.29 is 9.21 Å². The minimum atomic E-state index is -0.119. The minimum absolute atomic E-state index is 0.119. The van der Waals surface area contributed by atoms with Crippen molar-refractivity contribution in [2.24, 2.45) is 0 Å². The third kappa shape index (κ3) is 2.17. The molecule has 1 aliphatic rings. The van der Waals surface area contributed by atoms with E-state index in [0.29, 0.717) is 16.2 Å². The molecule has 0 radical (unpaired) electrons. The van der Waals surface area contributed by atoms with Gasteiger partial charge in [-0.3, -0.25) is 10.1 Å². The van der Waals surface area contributed by atoms with Gasteiger partial charge in [-0.15, -0.1) is 5.10 Å². The fourth-order valence-corrected chi connectivity index (χ4v) is 1.12. The molecule has 1 aromatic heterocycles. The molecule has 0 spiro atoms. The molecule has 1 aromatic rings. The Labute approximate surface area is 88.4 Å². The molecule has 0 atom stereocenters. The van der Waals surface area contributed by atoms with Crippen LogP contribution in [0, 0.1) is 0 Å². The molecule has 13 heavy (non-hydrogen) atoms. The highest BCUT2D eigenvalue weighted by atomic mass is 127.